The van der Waals surface area contributed by atoms with Gasteiger partial charge in [0.05, 0.1) is 17.7 Å². The van der Waals surface area contributed by atoms with Crippen LogP contribution < -0.4 is 5.32 Å². The third kappa shape index (κ3) is 4.37. The minimum absolute atomic E-state index is 0. The maximum absolute atomic E-state index is 10.3. The number of rotatable bonds is 3. The first kappa shape index (κ1) is 19.8. The van der Waals surface area contributed by atoms with Crippen LogP contribution >= 0.6 is 36.2 Å². The molecule has 1 aromatic heterocycles. The number of piperazine rings is 1. The molecule has 2 N–H and O–H groups in total. The number of nitrogens with zero attached hydrogens (tertiary/aromatic N) is 2. The van der Waals surface area contributed by atoms with Gasteiger partial charge in [-0.05, 0) is 29.6 Å². The summed E-state index contributed by atoms with van der Waals surface area (Å²) in [6.45, 7) is 3.75. The molecule has 0 saturated carbocycles. The molecule has 23 heavy (non-hydrogen) atoms. The van der Waals surface area contributed by atoms with Crippen molar-refractivity contribution in [2.45, 2.75) is 6.04 Å². The topological polar surface area (TPSA) is 59.3 Å². The minimum Gasteiger partial charge on any atom is -0.508 e. The highest BCUT2D eigenvalue weighted by atomic mass is 35.5. The van der Waals surface area contributed by atoms with E-state index in [9.17, 15) is 5.11 Å². The van der Waals surface area contributed by atoms with Crippen LogP contribution in [0.3, 0.4) is 0 Å². The number of nitriles is 1. The largest absolute Gasteiger partial charge is 0.508 e. The van der Waals surface area contributed by atoms with Crippen LogP contribution in [0.1, 0.15) is 22.0 Å². The van der Waals surface area contributed by atoms with E-state index >= 15 is 0 Å². The average molecular weight is 372 g/mol. The van der Waals surface area contributed by atoms with Crippen molar-refractivity contribution in [2.24, 2.45) is 0 Å². The molecule has 124 valence electrons. The van der Waals surface area contributed by atoms with Crippen molar-refractivity contribution in [1.29, 1.82) is 5.26 Å². The molecule has 0 bridgehead atoms. The summed E-state index contributed by atoms with van der Waals surface area (Å²) in [4.78, 5) is 3.56. The summed E-state index contributed by atoms with van der Waals surface area (Å²) in [6.07, 6.45) is 0. The van der Waals surface area contributed by atoms with Gasteiger partial charge in [-0.1, -0.05) is 6.07 Å². The zero-order chi connectivity index (χ0) is 14.7. The highest BCUT2D eigenvalue weighted by Gasteiger charge is 2.27. The quantitative estimate of drug-likeness (QED) is 0.869. The normalized spacial score (nSPS) is 15.8. The van der Waals surface area contributed by atoms with Crippen LogP contribution in [0.2, 0.25) is 0 Å². The molecule has 0 aliphatic carbocycles. The molecular weight excluding hydrogens is 353 g/mol. The Labute approximate surface area is 152 Å². The summed E-state index contributed by atoms with van der Waals surface area (Å²) < 4.78 is 0. The number of hydrogen-bond acceptors (Lipinski definition) is 5. The third-order valence-corrected chi connectivity index (χ3v) is 4.71. The summed E-state index contributed by atoms with van der Waals surface area (Å²) in [5.41, 5.74) is 1.40. The molecule has 0 amide bonds. The maximum Gasteiger partial charge on any atom is 0.120 e. The number of aromatic hydroxyl groups is 1. The van der Waals surface area contributed by atoms with Crippen LogP contribution in [0.25, 0.3) is 0 Å². The Morgan fingerprint density at radius 3 is 2.57 bits per heavy atom. The Hall–Kier alpha value is -1.29. The summed E-state index contributed by atoms with van der Waals surface area (Å²) in [5, 5.41) is 24.8. The smallest absolute Gasteiger partial charge is 0.120 e. The number of benzene rings is 1. The second kappa shape index (κ2) is 9.11. The Balaban J connectivity index is 0.00000132. The van der Waals surface area contributed by atoms with Gasteiger partial charge in [-0.25, -0.2) is 0 Å². The molecule has 4 nitrogen and oxygen atoms in total. The summed E-state index contributed by atoms with van der Waals surface area (Å²) in [5.74, 6) is 0.255. The Morgan fingerprint density at radius 2 is 1.96 bits per heavy atom. The molecule has 1 aromatic carbocycles. The van der Waals surface area contributed by atoms with Gasteiger partial charge in [-0.3, -0.25) is 4.90 Å². The number of phenols is 1. The van der Waals surface area contributed by atoms with E-state index in [0.29, 0.717) is 5.56 Å². The molecule has 1 atom stereocenters. The predicted molar refractivity (Wildman–Crippen MR) is 97.9 cm³/mol. The molecule has 1 fully saturated rings. The number of phenolic OH excluding ortho intramolecular Hbond substituents is 1. The van der Waals surface area contributed by atoms with Crippen molar-refractivity contribution in [2.75, 3.05) is 26.2 Å². The van der Waals surface area contributed by atoms with Crippen LogP contribution in [0.4, 0.5) is 0 Å². The Bertz CT molecular complexity index is 652. The lowest BCUT2D eigenvalue weighted by Crippen LogP contribution is -2.45. The highest BCUT2D eigenvalue weighted by molar-refractivity contribution is 7.10. The van der Waals surface area contributed by atoms with E-state index in [1.54, 1.807) is 23.5 Å². The van der Waals surface area contributed by atoms with Crippen LogP contribution in [0, 0.1) is 11.3 Å². The van der Waals surface area contributed by atoms with E-state index in [4.69, 9.17) is 5.26 Å². The van der Waals surface area contributed by atoms with Gasteiger partial charge in [0.1, 0.15) is 5.75 Å². The molecule has 2 heterocycles. The Kier molecular flexibility index (Phi) is 7.83. The average Bonchev–Trinajstić information content (AvgIpc) is 3.04. The van der Waals surface area contributed by atoms with Gasteiger partial charge in [-0.2, -0.15) is 5.26 Å². The third-order valence-electron chi connectivity index (χ3n) is 3.78. The van der Waals surface area contributed by atoms with Crippen LogP contribution in [-0.2, 0) is 0 Å². The zero-order valence-electron chi connectivity index (χ0n) is 12.4. The van der Waals surface area contributed by atoms with Crippen molar-refractivity contribution < 1.29 is 5.11 Å². The molecule has 0 spiro atoms. The van der Waals surface area contributed by atoms with Gasteiger partial charge in [-0.15, -0.1) is 36.2 Å². The lowest BCUT2D eigenvalue weighted by molar-refractivity contribution is 0.198. The first-order valence-electron chi connectivity index (χ1n) is 7.01. The minimum atomic E-state index is 0. The van der Waals surface area contributed by atoms with E-state index in [0.717, 1.165) is 31.7 Å². The van der Waals surface area contributed by atoms with Crippen molar-refractivity contribution in [3.63, 3.8) is 0 Å². The standard InChI is InChI=1S/C16H17N3OS.2ClH/c17-11-12-3-4-14(20)13(10-12)16(15-2-1-9-21-15)19-7-5-18-6-8-19;;/h1-4,9-10,16,18,20H,5-8H2;2*1H/t16-;;/m1../s1. The van der Waals surface area contributed by atoms with Crippen LogP contribution in [-0.4, -0.2) is 36.2 Å². The van der Waals surface area contributed by atoms with Gasteiger partial charge in [0.2, 0.25) is 0 Å². The number of thiophene rings is 1. The fourth-order valence-electron chi connectivity index (χ4n) is 2.76. The van der Waals surface area contributed by atoms with E-state index in [2.05, 4.69) is 27.7 Å². The first-order valence-corrected chi connectivity index (χ1v) is 7.89. The van der Waals surface area contributed by atoms with Gasteiger partial charge in [0.15, 0.2) is 0 Å². The number of halogens is 2. The van der Waals surface area contributed by atoms with Gasteiger partial charge in [0.25, 0.3) is 0 Å². The molecule has 1 aliphatic heterocycles. The fraction of sp³-hybridized carbons (Fsp3) is 0.312. The summed E-state index contributed by atoms with van der Waals surface area (Å²) in [7, 11) is 0. The molecule has 1 aliphatic rings. The summed E-state index contributed by atoms with van der Waals surface area (Å²) >= 11 is 1.69. The van der Waals surface area contributed by atoms with Gasteiger partial charge in [0, 0.05) is 36.6 Å². The highest BCUT2D eigenvalue weighted by Crippen LogP contribution is 2.36. The second-order valence-corrected chi connectivity index (χ2v) is 6.07. The monoisotopic (exact) mass is 371 g/mol. The molecule has 2 aromatic rings. The van der Waals surface area contributed by atoms with Crippen LogP contribution in [0.15, 0.2) is 35.7 Å². The maximum atomic E-state index is 10.3. The molecule has 0 radical (unpaired) electrons. The van der Waals surface area contributed by atoms with E-state index in [1.807, 2.05) is 12.1 Å². The zero-order valence-corrected chi connectivity index (χ0v) is 14.9. The predicted octanol–water partition coefficient (Wildman–Crippen LogP) is 3.16. The van der Waals surface area contributed by atoms with Crippen molar-refractivity contribution in [3.8, 4) is 11.8 Å². The van der Waals surface area contributed by atoms with Crippen molar-refractivity contribution >= 4 is 36.2 Å². The lowest BCUT2D eigenvalue weighted by atomic mass is 9.99. The molecule has 3 rings (SSSR count). The van der Waals surface area contributed by atoms with Gasteiger partial charge < -0.3 is 10.4 Å². The Morgan fingerprint density at radius 1 is 1.22 bits per heavy atom. The van der Waals surface area contributed by atoms with Crippen molar-refractivity contribution in [1.82, 2.24) is 10.2 Å². The second-order valence-electron chi connectivity index (χ2n) is 5.09. The van der Waals surface area contributed by atoms with E-state index < -0.39 is 0 Å². The first-order chi connectivity index (χ1) is 10.3. The van der Waals surface area contributed by atoms with Gasteiger partial charge >= 0.3 is 0 Å². The van der Waals surface area contributed by atoms with Crippen molar-refractivity contribution in [3.05, 3.63) is 51.7 Å². The van der Waals surface area contributed by atoms with Crippen LogP contribution in [0.5, 0.6) is 5.75 Å². The fourth-order valence-corrected chi connectivity index (χ4v) is 3.64. The molecular formula is C16H19Cl2N3OS. The lowest BCUT2D eigenvalue weighted by Gasteiger charge is -2.35. The number of nitrogens with one attached hydrogen (secondary N) is 1. The number of hydrogen-bond donors (Lipinski definition) is 2. The molecule has 7 heteroatoms. The van der Waals surface area contributed by atoms with E-state index in [1.165, 1.54) is 4.88 Å². The van der Waals surface area contributed by atoms with E-state index in [-0.39, 0.29) is 36.6 Å². The summed E-state index contributed by atoms with van der Waals surface area (Å²) in [6, 6.07) is 11.4. The SMILES string of the molecule is Cl.Cl.N#Cc1ccc(O)c([C@H](c2cccs2)N2CCNCC2)c1. The molecule has 0 unspecified atom stereocenters. The molecule has 1 saturated heterocycles.